The van der Waals surface area contributed by atoms with Gasteiger partial charge in [0.25, 0.3) is 17.7 Å². The van der Waals surface area contributed by atoms with Crippen LogP contribution in [0.1, 0.15) is 118 Å². The number of ether oxygens (including phenoxy) is 2. The minimum absolute atomic E-state index is 0.00376. The largest absolute Gasteiger partial charge is 0.493 e. The topological polar surface area (TPSA) is 204 Å². The number of piperidine rings is 2. The van der Waals surface area contributed by atoms with Crippen LogP contribution < -0.4 is 25.2 Å². The van der Waals surface area contributed by atoms with Gasteiger partial charge in [-0.05, 0) is 156 Å². The van der Waals surface area contributed by atoms with Gasteiger partial charge >= 0.3 is 5.97 Å². The number of thiazole rings is 1. The van der Waals surface area contributed by atoms with Gasteiger partial charge in [0.05, 0.1) is 40.2 Å². The first-order valence-electron chi connectivity index (χ1n) is 28.2. The van der Waals surface area contributed by atoms with Crippen LogP contribution in [0.2, 0.25) is 0 Å². The van der Waals surface area contributed by atoms with E-state index in [1.54, 1.807) is 9.80 Å². The van der Waals surface area contributed by atoms with Gasteiger partial charge in [-0.1, -0.05) is 54.7 Å². The fraction of sp³-hybridized carbons (Fsp3) is 0.403. The number of halogens is 1. The van der Waals surface area contributed by atoms with Crippen molar-refractivity contribution < 1.29 is 47.4 Å². The molecule has 4 aromatic carbocycles. The summed E-state index contributed by atoms with van der Waals surface area (Å²) in [5, 5.41) is 5.73. The highest BCUT2D eigenvalue weighted by Crippen LogP contribution is 2.38. The number of amides is 6. The zero-order chi connectivity index (χ0) is 57.6. The zero-order valence-corrected chi connectivity index (χ0v) is 47.5. The first kappa shape index (κ1) is 55.8. The van der Waals surface area contributed by atoms with Crippen LogP contribution in [0.15, 0.2) is 84.9 Å². The lowest BCUT2D eigenvalue weighted by Crippen LogP contribution is -2.54. The van der Waals surface area contributed by atoms with Crippen LogP contribution in [0, 0.1) is 24.6 Å². The third kappa shape index (κ3) is 11.5. The maximum Gasteiger partial charge on any atom is 0.358 e. The Kier molecular flexibility index (Phi) is 15.7. The van der Waals surface area contributed by atoms with Crippen LogP contribution in [-0.2, 0) is 32.1 Å². The Morgan fingerprint density at radius 1 is 0.805 bits per heavy atom. The summed E-state index contributed by atoms with van der Waals surface area (Å²) in [5.74, 6) is -1.99. The fourth-order valence-electron chi connectivity index (χ4n) is 11.9. The number of hydrogen-bond acceptors (Lipinski definition) is 15. The third-order valence-electron chi connectivity index (χ3n) is 16.5. The van der Waals surface area contributed by atoms with Crippen molar-refractivity contribution in [2.24, 2.45) is 11.8 Å². The average molecular weight is 1130 g/mol. The second-order valence-corrected chi connectivity index (χ2v) is 24.0. The van der Waals surface area contributed by atoms with E-state index in [1.165, 1.54) is 17.4 Å². The average Bonchev–Trinajstić information content (AvgIpc) is 4.19. The molecule has 426 valence electrons. The lowest BCUT2D eigenvalue weighted by atomic mass is 9.84. The van der Waals surface area contributed by atoms with Crippen LogP contribution in [0.4, 0.5) is 21.0 Å². The molecular weight excluding hydrogens is 1070 g/mol. The molecule has 3 saturated heterocycles. The number of pyridine rings is 1. The first-order chi connectivity index (χ1) is 39.4. The molecule has 5 aliphatic heterocycles. The predicted molar refractivity (Wildman–Crippen MR) is 309 cm³/mol. The summed E-state index contributed by atoms with van der Waals surface area (Å²) in [4.78, 5) is 111. The molecule has 0 bridgehead atoms. The number of anilines is 3. The lowest BCUT2D eigenvalue weighted by Gasteiger charge is -2.38. The summed E-state index contributed by atoms with van der Waals surface area (Å²) >= 11 is 1.43. The number of fused-ring (bicyclic) bond motifs is 3. The molecule has 2 atom stereocenters. The Bertz CT molecular complexity index is 3510. The van der Waals surface area contributed by atoms with Gasteiger partial charge in [0.1, 0.15) is 29.0 Å². The molecule has 6 amide bonds. The van der Waals surface area contributed by atoms with E-state index in [9.17, 15) is 33.6 Å². The zero-order valence-electron chi connectivity index (χ0n) is 46.7. The number of likely N-dealkylation sites (tertiary alicyclic amines) is 1. The minimum atomic E-state index is -1.15. The fourth-order valence-corrected chi connectivity index (χ4v) is 12.8. The Morgan fingerprint density at radius 2 is 1.55 bits per heavy atom. The summed E-state index contributed by atoms with van der Waals surface area (Å²) in [6, 6.07) is 24.5. The molecular formula is C62H66FN9O9S. The number of para-hydroxylation sites is 1. The summed E-state index contributed by atoms with van der Waals surface area (Å²) in [7, 11) is 0. The highest BCUT2D eigenvalue weighted by Gasteiger charge is 2.45. The maximum absolute atomic E-state index is 15.6. The maximum atomic E-state index is 15.6. The van der Waals surface area contributed by atoms with Gasteiger partial charge in [0.15, 0.2) is 10.8 Å². The van der Waals surface area contributed by atoms with Crippen molar-refractivity contribution in [2.45, 2.75) is 91.3 Å². The number of aromatic nitrogens is 2. The van der Waals surface area contributed by atoms with Crippen molar-refractivity contribution >= 4 is 79.6 Å². The second kappa shape index (κ2) is 23.0. The summed E-state index contributed by atoms with van der Waals surface area (Å²) in [5.41, 5.74) is 5.14. The Hall–Kier alpha value is -8.10. The normalized spacial score (nSPS) is 18.3. The van der Waals surface area contributed by atoms with Crippen LogP contribution in [-0.4, -0.2) is 137 Å². The van der Waals surface area contributed by atoms with Gasteiger partial charge < -0.3 is 24.2 Å². The van der Waals surface area contributed by atoms with Crippen molar-refractivity contribution in [3.63, 3.8) is 0 Å². The van der Waals surface area contributed by atoms with Crippen molar-refractivity contribution in [1.82, 2.24) is 30.0 Å². The Labute approximate surface area is 478 Å². The van der Waals surface area contributed by atoms with Crippen molar-refractivity contribution in [2.75, 3.05) is 74.1 Å². The molecule has 0 aliphatic carbocycles. The monoisotopic (exact) mass is 1130 g/mol. The smallest absolute Gasteiger partial charge is 0.358 e. The second-order valence-electron chi connectivity index (χ2n) is 22.9. The number of nitrogens with one attached hydrogen (secondary N) is 2. The summed E-state index contributed by atoms with van der Waals surface area (Å²) < 4.78 is 29.0. The van der Waals surface area contributed by atoms with Gasteiger partial charge in [-0.2, -0.15) is 0 Å². The van der Waals surface area contributed by atoms with E-state index in [0.717, 1.165) is 75.8 Å². The molecule has 2 aromatic heterocycles. The molecule has 2 unspecified atom stereocenters. The Morgan fingerprint density at radius 3 is 2.29 bits per heavy atom. The number of carbonyl (C=O) groups is 7. The van der Waals surface area contributed by atoms with E-state index in [4.69, 9.17) is 14.5 Å². The first-order valence-corrected chi connectivity index (χ1v) is 29.0. The van der Waals surface area contributed by atoms with E-state index < -0.39 is 47.1 Å². The van der Waals surface area contributed by atoms with E-state index in [0.29, 0.717) is 92.0 Å². The van der Waals surface area contributed by atoms with E-state index in [1.807, 2.05) is 94.4 Å². The standard InChI is InChI=1S/C62H66FN9O9S/c1-36(38-20-24-68(25-21-38)35-54(74)70-29-27-69(28-30-70)49-33-44-43(32-46(49)63)58(77)72(59(44)78)48-17-19-53(73)66-57(48)76)23-31-80-50-14-9-11-40(37(50)2)41-16-18-52(65-55(41)60(79)81-62(3,4)5)71-26-22-39-10-8-12-42(45(39)34-71)56(75)67-61-64-47-13-6-7-15-51(47)82-61/h6-16,18,32-33,36,38,48H,17,19-31,34-35H2,1-5H3,(H,64,67,75)(H,66,73,76). The molecule has 6 aromatic rings. The van der Waals surface area contributed by atoms with Crippen LogP contribution in [0.25, 0.3) is 21.3 Å². The highest BCUT2D eigenvalue weighted by atomic mass is 32.1. The van der Waals surface area contributed by atoms with Crippen LogP contribution in [0.5, 0.6) is 5.75 Å². The van der Waals surface area contributed by atoms with Crippen molar-refractivity contribution in [3.8, 4) is 16.9 Å². The summed E-state index contributed by atoms with van der Waals surface area (Å²) in [6.45, 7) is 14.5. The van der Waals surface area contributed by atoms with E-state index in [-0.39, 0.29) is 53.7 Å². The number of piperazine rings is 1. The van der Waals surface area contributed by atoms with Gasteiger partial charge in [-0.25, -0.2) is 19.2 Å². The molecule has 20 heteroatoms. The third-order valence-corrected chi connectivity index (χ3v) is 17.5. The molecule has 82 heavy (non-hydrogen) atoms. The molecule has 0 saturated carbocycles. The van der Waals surface area contributed by atoms with Crippen molar-refractivity contribution in [1.29, 1.82) is 0 Å². The molecule has 11 rings (SSSR count). The number of rotatable bonds is 14. The molecule has 3 fully saturated rings. The molecule has 0 radical (unpaired) electrons. The molecule has 2 N–H and O–H groups in total. The number of carbonyl (C=O) groups excluding carboxylic acids is 7. The molecule has 18 nitrogen and oxygen atoms in total. The van der Waals surface area contributed by atoms with Crippen molar-refractivity contribution in [3.05, 3.63) is 130 Å². The molecule has 0 spiro atoms. The van der Waals surface area contributed by atoms with Gasteiger partial charge in [0, 0.05) is 56.8 Å². The highest BCUT2D eigenvalue weighted by molar-refractivity contribution is 7.22. The Balaban J connectivity index is 0.674. The lowest BCUT2D eigenvalue weighted by molar-refractivity contribution is -0.136. The number of esters is 1. The van der Waals surface area contributed by atoms with E-state index >= 15 is 4.39 Å². The quantitative estimate of drug-likeness (QED) is 0.0777. The summed E-state index contributed by atoms with van der Waals surface area (Å²) in [6.07, 6.45) is 3.39. The number of benzene rings is 4. The minimum Gasteiger partial charge on any atom is -0.493 e. The predicted octanol–water partition coefficient (Wildman–Crippen LogP) is 8.44. The molecule has 5 aliphatic rings. The number of imide groups is 2. The van der Waals surface area contributed by atoms with Crippen LogP contribution in [0.3, 0.4) is 0 Å². The van der Waals surface area contributed by atoms with Gasteiger partial charge in [-0.15, -0.1) is 0 Å². The molecule has 7 heterocycles. The van der Waals surface area contributed by atoms with Gasteiger partial charge in [-0.3, -0.25) is 49.2 Å². The van der Waals surface area contributed by atoms with Gasteiger partial charge in [0.2, 0.25) is 17.7 Å². The number of nitrogens with zero attached hydrogens (tertiary/aromatic N) is 7. The van der Waals surface area contributed by atoms with E-state index in [2.05, 4.69) is 38.4 Å². The van der Waals surface area contributed by atoms with Crippen LogP contribution >= 0.6 is 11.3 Å². The SMILES string of the molecule is Cc1c(OCCC(C)C2CCN(CC(=O)N3CCN(c4cc5c(cc4F)C(=O)N(C4CCC(=O)NC4=O)C5=O)CC3)CC2)cccc1-c1ccc(N2CCc3cccc(C(=O)Nc4nc5ccccc5s4)c3C2)nc1C(=O)OC(C)(C)C. The number of hydrogen-bond donors (Lipinski definition) is 2.